The summed E-state index contributed by atoms with van der Waals surface area (Å²) in [6, 6.07) is 19.7. The van der Waals surface area contributed by atoms with Crippen LogP contribution in [0.1, 0.15) is 24.5 Å². The molecule has 0 aromatic heterocycles. The van der Waals surface area contributed by atoms with E-state index in [4.69, 9.17) is 0 Å². The molecule has 0 spiro atoms. The summed E-state index contributed by atoms with van der Waals surface area (Å²) in [4.78, 5) is 26.2. The quantitative estimate of drug-likeness (QED) is 0.709. The largest absolute Gasteiger partial charge is 0.334 e. The van der Waals surface area contributed by atoms with E-state index in [0.29, 0.717) is 25.9 Å². The molecular weight excluding hydrogens is 350 g/mol. The summed E-state index contributed by atoms with van der Waals surface area (Å²) in [5.41, 5.74) is 3.85. The summed E-state index contributed by atoms with van der Waals surface area (Å²) in [5.74, 6) is 0.156. The lowest BCUT2D eigenvalue weighted by Crippen LogP contribution is -2.35. The Morgan fingerprint density at radius 2 is 1.86 bits per heavy atom. The number of anilines is 2. The van der Waals surface area contributed by atoms with Gasteiger partial charge in [-0.05, 0) is 53.4 Å². The molecule has 28 heavy (non-hydrogen) atoms. The van der Waals surface area contributed by atoms with Gasteiger partial charge >= 0.3 is 6.03 Å². The summed E-state index contributed by atoms with van der Waals surface area (Å²) in [6.07, 6.45) is 1.22. The molecule has 1 heterocycles. The van der Waals surface area contributed by atoms with Crippen LogP contribution in [-0.2, 0) is 17.8 Å². The van der Waals surface area contributed by atoms with Crippen LogP contribution in [0.4, 0.5) is 16.2 Å². The molecule has 0 bridgehead atoms. The highest BCUT2D eigenvalue weighted by Crippen LogP contribution is 2.30. The lowest BCUT2D eigenvalue weighted by Gasteiger charge is -2.28. The van der Waals surface area contributed by atoms with Crippen molar-refractivity contribution >= 4 is 34.1 Å². The number of carbonyl (C=O) groups is 2. The number of hydrogen-bond donors (Lipinski definition) is 2. The summed E-state index contributed by atoms with van der Waals surface area (Å²) in [5, 5.41) is 8.13. The van der Waals surface area contributed by atoms with Crippen LogP contribution in [0.15, 0.2) is 60.7 Å². The minimum Gasteiger partial charge on any atom is -0.334 e. The van der Waals surface area contributed by atoms with E-state index in [1.165, 1.54) is 0 Å². The second-order valence-corrected chi connectivity index (χ2v) is 6.93. The summed E-state index contributed by atoms with van der Waals surface area (Å²) < 4.78 is 0. The number of fused-ring (bicyclic) bond motifs is 2. The molecule has 0 unspecified atom stereocenters. The van der Waals surface area contributed by atoms with Gasteiger partial charge in [0.15, 0.2) is 0 Å². The predicted molar refractivity (Wildman–Crippen MR) is 113 cm³/mol. The van der Waals surface area contributed by atoms with Gasteiger partial charge in [-0.25, -0.2) is 4.79 Å². The Hall–Kier alpha value is -3.34. The highest BCUT2D eigenvalue weighted by molar-refractivity contribution is 5.97. The van der Waals surface area contributed by atoms with Crippen molar-refractivity contribution in [2.75, 3.05) is 16.8 Å². The zero-order chi connectivity index (χ0) is 19.5. The van der Waals surface area contributed by atoms with Crippen molar-refractivity contribution in [2.45, 2.75) is 26.3 Å². The number of rotatable bonds is 4. The monoisotopic (exact) mass is 373 g/mol. The maximum atomic E-state index is 12.4. The molecular formula is C23H23N3O2. The number of carbonyl (C=O) groups excluding carboxylic acids is 2. The number of amides is 3. The van der Waals surface area contributed by atoms with Crippen LogP contribution in [0.3, 0.4) is 0 Å². The van der Waals surface area contributed by atoms with Gasteiger partial charge in [0, 0.05) is 30.9 Å². The zero-order valence-corrected chi connectivity index (χ0v) is 15.9. The van der Waals surface area contributed by atoms with Gasteiger partial charge in [-0.3, -0.25) is 4.79 Å². The first-order valence-electron chi connectivity index (χ1n) is 9.60. The first-order chi connectivity index (χ1) is 13.7. The number of aryl methyl sites for hydroxylation is 1. The molecule has 4 rings (SSSR count). The van der Waals surface area contributed by atoms with E-state index < -0.39 is 0 Å². The van der Waals surface area contributed by atoms with Gasteiger partial charge in [0.1, 0.15) is 0 Å². The van der Waals surface area contributed by atoms with E-state index >= 15 is 0 Å². The topological polar surface area (TPSA) is 61.4 Å². The van der Waals surface area contributed by atoms with E-state index in [-0.39, 0.29) is 11.9 Å². The molecule has 1 aliphatic rings. The smallest absolute Gasteiger partial charge is 0.319 e. The maximum absolute atomic E-state index is 12.4. The first-order valence-corrected chi connectivity index (χ1v) is 9.60. The molecule has 0 radical (unpaired) electrons. The van der Waals surface area contributed by atoms with Crippen LogP contribution in [-0.4, -0.2) is 18.5 Å². The van der Waals surface area contributed by atoms with Crippen LogP contribution in [0, 0.1) is 0 Å². The molecule has 0 saturated heterocycles. The fourth-order valence-corrected chi connectivity index (χ4v) is 3.78. The molecule has 3 aromatic carbocycles. The Balaban J connectivity index is 1.44. The third kappa shape index (κ3) is 3.56. The lowest BCUT2D eigenvalue weighted by atomic mass is 10.0. The molecule has 0 aliphatic carbocycles. The van der Waals surface area contributed by atoms with Crippen molar-refractivity contribution in [3.05, 3.63) is 71.8 Å². The van der Waals surface area contributed by atoms with E-state index in [9.17, 15) is 9.59 Å². The first kappa shape index (κ1) is 18.0. The fraction of sp³-hybridized carbons (Fsp3) is 0.217. The summed E-state index contributed by atoms with van der Waals surface area (Å²) in [7, 11) is 0. The van der Waals surface area contributed by atoms with Crippen molar-refractivity contribution in [1.82, 2.24) is 5.32 Å². The molecule has 142 valence electrons. The Bertz CT molecular complexity index is 1040. The second kappa shape index (κ2) is 7.72. The van der Waals surface area contributed by atoms with Gasteiger partial charge < -0.3 is 15.5 Å². The molecule has 1 aliphatic heterocycles. The number of benzene rings is 3. The molecule has 0 fully saturated rings. The fourth-order valence-electron chi connectivity index (χ4n) is 3.78. The number of urea groups is 1. The maximum Gasteiger partial charge on any atom is 0.319 e. The average Bonchev–Trinajstić information content (AvgIpc) is 2.72. The standard InChI is InChI=1S/C23H23N3O2/c1-2-26-21-12-11-19(14-17(21)10-13-22(26)27)25-23(28)24-15-18-8-5-7-16-6-3-4-9-20(16)18/h3-9,11-12,14H,2,10,13,15H2,1H3,(H2,24,25,28). The van der Waals surface area contributed by atoms with E-state index in [0.717, 1.165) is 33.3 Å². The van der Waals surface area contributed by atoms with Crippen molar-refractivity contribution in [1.29, 1.82) is 0 Å². The predicted octanol–water partition coefficient (Wildman–Crippen LogP) is 4.46. The minimum absolute atomic E-state index is 0.156. The van der Waals surface area contributed by atoms with Gasteiger partial charge in [-0.1, -0.05) is 42.5 Å². The summed E-state index contributed by atoms with van der Waals surface area (Å²) in [6.45, 7) is 3.08. The van der Waals surface area contributed by atoms with Crippen molar-refractivity contribution < 1.29 is 9.59 Å². The zero-order valence-electron chi connectivity index (χ0n) is 15.9. The van der Waals surface area contributed by atoms with E-state index in [2.05, 4.69) is 28.8 Å². The van der Waals surface area contributed by atoms with Gasteiger partial charge in [0.05, 0.1) is 0 Å². The third-order valence-electron chi connectivity index (χ3n) is 5.17. The Morgan fingerprint density at radius 1 is 1.04 bits per heavy atom. The molecule has 3 amide bonds. The highest BCUT2D eigenvalue weighted by Gasteiger charge is 2.22. The van der Waals surface area contributed by atoms with Crippen LogP contribution >= 0.6 is 0 Å². The molecule has 2 N–H and O–H groups in total. The highest BCUT2D eigenvalue weighted by atomic mass is 16.2. The van der Waals surface area contributed by atoms with Crippen molar-refractivity contribution in [3.8, 4) is 0 Å². The molecule has 5 nitrogen and oxygen atoms in total. The third-order valence-corrected chi connectivity index (χ3v) is 5.17. The van der Waals surface area contributed by atoms with E-state index in [1.54, 1.807) is 4.90 Å². The van der Waals surface area contributed by atoms with Crippen LogP contribution in [0.5, 0.6) is 0 Å². The Morgan fingerprint density at radius 3 is 2.71 bits per heavy atom. The van der Waals surface area contributed by atoms with Crippen molar-refractivity contribution in [3.63, 3.8) is 0 Å². The van der Waals surface area contributed by atoms with Crippen LogP contribution < -0.4 is 15.5 Å². The molecule has 0 atom stereocenters. The average molecular weight is 373 g/mol. The molecule has 3 aromatic rings. The van der Waals surface area contributed by atoms with E-state index in [1.807, 2.05) is 49.4 Å². The SMILES string of the molecule is CCN1C(=O)CCc2cc(NC(=O)NCc3cccc4ccccc34)ccc21. The number of hydrogen-bond acceptors (Lipinski definition) is 2. The molecule has 0 saturated carbocycles. The molecule has 5 heteroatoms. The number of nitrogens with one attached hydrogen (secondary N) is 2. The van der Waals surface area contributed by atoms with Gasteiger partial charge in [0.25, 0.3) is 0 Å². The van der Waals surface area contributed by atoms with Crippen molar-refractivity contribution in [2.24, 2.45) is 0 Å². The number of nitrogens with zero attached hydrogens (tertiary/aromatic N) is 1. The Kier molecular flexibility index (Phi) is 4.98. The second-order valence-electron chi connectivity index (χ2n) is 6.93. The van der Waals surface area contributed by atoms with Gasteiger partial charge in [-0.15, -0.1) is 0 Å². The minimum atomic E-state index is -0.243. The Labute approximate surface area is 164 Å². The van der Waals surface area contributed by atoms with Crippen LogP contribution in [0.25, 0.3) is 10.8 Å². The van der Waals surface area contributed by atoms with Gasteiger partial charge in [0.2, 0.25) is 5.91 Å². The van der Waals surface area contributed by atoms with Gasteiger partial charge in [-0.2, -0.15) is 0 Å². The normalized spacial score (nSPS) is 13.3. The lowest BCUT2D eigenvalue weighted by molar-refractivity contribution is -0.118. The summed E-state index contributed by atoms with van der Waals surface area (Å²) >= 11 is 0. The van der Waals surface area contributed by atoms with Crippen LogP contribution in [0.2, 0.25) is 0 Å².